The molecule has 1 unspecified atom stereocenters. The first-order valence-electron chi connectivity index (χ1n) is 6.14. The molecule has 0 radical (unpaired) electrons. The molecule has 2 fully saturated rings. The Hall–Kier alpha value is -0.810. The summed E-state index contributed by atoms with van der Waals surface area (Å²) in [5, 5.41) is 12.8. The average Bonchev–Trinajstić information content (AvgIpc) is 2.65. The van der Waals surface area contributed by atoms with Gasteiger partial charge in [-0.25, -0.2) is 4.79 Å². The largest absolute Gasteiger partial charge is 0.444 e. The molecule has 5 nitrogen and oxygen atoms in total. The number of ether oxygens (including phenoxy) is 2. The number of aliphatic hydroxyl groups is 1. The minimum Gasteiger partial charge on any atom is -0.444 e. The maximum absolute atomic E-state index is 11.8. The molecule has 0 aromatic rings. The second-order valence-corrected chi connectivity index (χ2v) is 5.90. The standard InChI is InChI=1S/C12H21NO4/c1-11(2,3)17-10(15)13-12-6-4-5-9(12)16-7-8(12)14/h8-9,14H,4-7H2,1-3H3,(H,13,15)/t8?,9-,12+/m1/s1. The molecule has 1 aliphatic carbocycles. The van der Waals surface area contributed by atoms with Gasteiger partial charge in [0.05, 0.1) is 18.2 Å². The molecule has 1 heterocycles. The second-order valence-electron chi connectivity index (χ2n) is 5.90. The molecule has 5 heteroatoms. The van der Waals surface area contributed by atoms with E-state index in [4.69, 9.17) is 9.47 Å². The lowest BCUT2D eigenvalue weighted by atomic mass is 9.91. The van der Waals surface area contributed by atoms with Crippen LogP contribution in [0, 0.1) is 0 Å². The molecule has 0 aromatic carbocycles. The van der Waals surface area contributed by atoms with Crippen LogP contribution in [0.1, 0.15) is 40.0 Å². The summed E-state index contributed by atoms with van der Waals surface area (Å²) < 4.78 is 10.7. The van der Waals surface area contributed by atoms with Crippen LogP contribution in [-0.2, 0) is 9.47 Å². The summed E-state index contributed by atoms with van der Waals surface area (Å²) in [5.41, 5.74) is -1.17. The van der Waals surface area contributed by atoms with Gasteiger partial charge >= 0.3 is 6.09 Å². The number of carbonyl (C=O) groups excluding carboxylic acids is 1. The third-order valence-electron chi connectivity index (χ3n) is 3.41. The molecular formula is C12H21NO4. The number of rotatable bonds is 1. The fraction of sp³-hybridized carbons (Fsp3) is 0.917. The summed E-state index contributed by atoms with van der Waals surface area (Å²) in [6, 6.07) is 0. The van der Waals surface area contributed by atoms with Crippen LogP contribution >= 0.6 is 0 Å². The van der Waals surface area contributed by atoms with E-state index >= 15 is 0 Å². The quantitative estimate of drug-likeness (QED) is 0.726. The van der Waals surface area contributed by atoms with Gasteiger partial charge in [0, 0.05) is 0 Å². The monoisotopic (exact) mass is 243 g/mol. The Balaban J connectivity index is 2.04. The van der Waals surface area contributed by atoms with Gasteiger partial charge in [0.1, 0.15) is 11.7 Å². The molecule has 2 N–H and O–H groups in total. The topological polar surface area (TPSA) is 67.8 Å². The highest BCUT2D eigenvalue weighted by molar-refractivity contribution is 5.69. The average molecular weight is 243 g/mol. The maximum Gasteiger partial charge on any atom is 0.408 e. The number of nitrogens with one attached hydrogen (secondary N) is 1. The zero-order valence-corrected chi connectivity index (χ0v) is 10.7. The number of aliphatic hydroxyl groups excluding tert-OH is 1. The number of hydrogen-bond acceptors (Lipinski definition) is 4. The lowest BCUT2D eigenvalue weighted by Crippen LogP contribution is -2.58. The molecule has 1 amide bonds. The first kappa shape index (κ1) is 12.6. The van der Waals surface area contributed by atoms with Crippen molar-refractivity contribution < 1.29 is 19.4 Å². The van der Waals surface area contributed by atoms with Gasteiger partial charge in [0.2, 0.25) is 0 Å². The molecule has 0 spiro atoms. The Bertz CT molecular complexity index is 312. The third-order valence-corrected chi connectivity index (χ3v) is 3.41. The molecule has 0 aromatic heterocycles. The molecule has 98 valence electrons. The Kier molecular flexibility index (Phi) is 3.08. The van der Waals surface area contributed by atoms with E-state index < -0.39 is 23.3 Å². The molecule has 0 bridgehead atoms. The molecule has 2 aliphatic rings. The van der Waals surface area contributed by atoms with E-state index in [9.17, 15) is 9.90 Å². The number of hydrogen-bond donors (Lipinski definition) is 2. The van der Waals surface area contributed by atoms with E-state index in [0.29, 0.717) is 6.61 Å². The maximum atomic E-state index is 11.8. The van der Waals surface area contributed by atoms with Crippen LogP contribution in [0.25, 0.3) is 0 Å². The minimum absolute atomic E-state index is 0.0787. The fourth-order valence-corrected chi connectivity index (χ4v) is 2.69. The highest BCUT2D eigenvalue weighted by Gasteiger charge is 2.55. The van der Waals surface area contributed by atoms with Gasteiger partial charge in [-0.3, -0.25) is 0 Å². The predicted octanol–water partition coefficient (Wildman–Crippen LogP) is 1.19. The van der Waals surface area contributed by atoms with E-state index in [1.54, 1.807) is 0 Å². The van der Waals surface area contributed by atoms with Crippen LogP contribution in [0.4, 0.5) is 4.79 Å². The number of carbonyl (C=O) groups is 1. The number of amides is 1. The SMILES string of the molecule is CC(C)(C)OC(=O)N[C@]12CCC[C@H]1OCC2O. The van der Waals surface area contributed by atoms with E-state index in [-0.39, 0.29) is 6.10 Å². The molecule has 1 saturated carbocycles. The van der Waals surface area contributed by atoms with Crippen molar-refractivity contribution in [2.45, 2.75) is 63.4 Å². The predicted molar refractivity (Wildman–Crippen MR) is 61.7 cm³/mol. The Morgan fingerprint density at radius 2 is 2.24 bits per heavy atom. The minimum atomic E-state index is -0.637. The molecule has 1 aliphatic heterocycles. The molecule has 2 rings (SSSR count). The van der Waals surface area contributed by atoms with Gasteiger partial charge in [-0.05, 0) is 40.0 Å². The van der Waals surface area contributed by atoms with E-state index in [0.717, 1.165) is 19.3 Å². The Morgan fingerprint density at radius 1 is 1.53 bits per heavy atom. The first-order valence-corrected chi connectivity index (χ1v) is 6.14. The highest BCUT2D eigenvalue weighted by atomic mass is 16.6. The normalized spacial score (nSPS) is 36.7. The van der Waals surface area contributed by atoms with Crippen LogP contribution in [0.3, 0.4) is 0 Å². The van der Waals surface area contributed by atoms with Gasteiger partial charge in [0.15, 0.2) is 0 Å². The van der Waals surface area contributed by atoms with Gasteiger partial charge in [0.25, 0.3) is 0 Å². The van der Waals surface area contributed by atoms with Crippen molar-refractivity contribution >= 4 is 6.09 Å². The summed E-state index contributed by atoms with van der Waals surface area (Å²) >= 11 is 0. The van der Waals surface area contributed by atoms with E-state index in [1.165, 1.54) is 0 Å². The van der Waals surface area contributed by atoms with Gasteiger partial charge < -0.3 is 19.9 Å². The van der Waals surface area contributed by atoms with Crippen LogP contribution in [0.15, 0.2) is 0 Å². The Labute approximate surface area is 101 Å². The third kappa shape index (κ3) is 2.40. The van der Waals surface area contributed by atoms with Crippen molar-refractivity contribution in [1.82, 2.24) is 5.32 Å². The zero-order chi connectivity index (χ0) is 12.7. The smallest absolute Gasteiger partial charge is 0.408 e. The van der Waals surface area contributed by atoms with Crippen LogP contribution in [0.2, 0.25) is 0 Å². The molecular weight excluding hydrogens is 222 g/mol. The van der Waals surface area contributed by atoms with Crippen molar-refractivity contribution in [3.8, 4) is 0 Å². The summed E-state index contributed by atoms with van der Waals surface area (Å²) in [6.45, 7) is 5.74. The first-order chi connectivity index (χ1) is 7.83. The summed E-state index contributed by atoms with van der Waals surface area (Å²) in [4.78, 5) is 11.8. The molecule has 1 saturated heterocycles. The van der Waals surface area contributed by atoms with Gasteiger partial charge in [-0.15, -0.1) is 0 Å². The van der Waals surface area contributed by atoms with Gasteiger partial charge in [-0.2, -0.15) is 0 Å². The van der Waals surface area contributed by atoms with E-state index in [2.05, 4.69) is 5.32 Å². The van der Waals surface area contributed by atoms with Crippen molar-refractivity contribution in [2.24, 2.45) is 0 Å². The fourth-order valence-electron chi connectivity index (χ4n) is 2.69. The molecule has 3 atom stereocenters. The number of fused-ring (bicyclic) bond motifs is 1. The summed E-state index contributed by atoms with van der Waals surface area (Å²) in [6.07, 6.45) is 1.39. The lowest BCUT2D eigenvalue weighted by molar-refractivity contribution is 0.0288. The van der Waals surface area contributed by atoms with Crippen LogP contribution < -0.4 is 5.32 Å². The van der Waals surface area contributed by atoms with Crippen molar-refractivity contribution in [1.29, 1.82) is 0 Å². The zero-order valence-electron chi connectivity index (χ0n) is 10.7. The van der Waals surface area contributed by atoms with Gasteiger partial charge in [-0.1, -0.05) is 0 Å². The van der Waals surface area contributed by atoms with Crippen LogP contribution in [0.5, 0.6) is 0 Å². The number of alkyl carbamates (subject to hydrolysis) is 1. The summed E-state index contributed by atoms with van der Waals surface area (Å²) in [7, 11) is 0. The van der Waals surface area contributed by atoms with Crippen LogP contribution in [-0.4, -0.2) is 41.2 Å². The highest BCUT2D eigenvalue weighted by Crippen LogP contribution is 2.40. The van der Waals surface area contributed by atoms with Crippen molar-refractivity contribution in [2.75, 3.05) is 6.61 Å². The van der Waals surface area contributed by atoms with Crippen molar-refractivity contribution in [3.05, 3.63) is 0 Å². The summed E-state index contributed by atoms with van der Waals surface area (Å²) in [5.74, 6) is 0. The second kappa shape index (κ2) is 4.14. The Morgan fingerprint density at radius 3 is 2.88 bits per heavy atom. The van der Waals surface area contributed by atoms with E-state index in [1.807, 2.05) is 20.8 Å². The van der Waals surface area contributed by atoms with Crippen molar-refractivity contribution in [3.63, 3.8) is 0 Å². The molecule has 17 heavy (non-hydrogen) atoms. The lowest BCUT2D eigenvalue weighted by Gasteiger charge is -2.33.